The van der Waals surface area contributed by atoms with Crippen LogP contribution in [0.1, 0.15) is 16.7 Å². The van der Waals surface area contributed by atoms with Crippen molar-refractivity contribution in [2.24, 2.45) is 0 Å². The van der Waals surface area contributed by atoms with Crippen LogP contribution in [0.3, 0.4) is 0 Å². The highest BCUT2D eigenvalue weighted by Gasteiger charge is 2.06. The molecule has 2 aromatic rings. The van der Waals surface area contributed by atoms with E-state index in [0.29, 0.717) is 5.82 Å². The normalized spacial score (nSPS) is 10.8. The van der Waals surface area contributed by atoms with Gasteiger partial charge in [-0.25, -0.2) is 4.98 Å². The Hall–Kier alpha value is -1.57. The first-order chi connectivity index (χ1) is 6.61. The molecule has 0 bridgehead atoms. The Morgan fingerprint density at radius 2 is 1.86 bits per heavy atom. The average molecular weight is 186 g/mol. The van der Waals surface area contributed by atoms with Gasteiger partial charge < -0.3 is 5.73 Å². The molecular formula is C12H14N2. The summed E-state index contributed by atoms with van der Waals surface area (Å²) < 4.78 is 0. The quantitative estimate of drug-likeness (QED) is 0.687. The number of nitrogen functional groups attached to an aromatic ring is 1. The average Bonchev–Trinajstić information content (AvgIpc) is 2.14. The lowest BCUT2D eigenvalue weighted by Crippen LogP contribution is -1.96. The number of aryl methyl sites for hydroxylation is 2. The molecular weight excluding hydrogens is 172 g/mol. The van der Waals surface area contributed by atoms with Crippen molar-refractivity contribution in [3.8, 4) is 0 Å². The summed E-state index contributed by atoms with van der Waals surface area (Å²) in [5.41, 5.74) is 9.72. The molecule has 0 atom stereocenters. The molecule has 14 heavy (non-hydrogen) atoms. The zero-order valence-corrected chi connectivity index (χ0v) is 8.76. The number of rotatable bonds is 0. The number of nitrogens with zero attached hydrogens (tertiary/aromatic N) is 1. The van der Waals surface area contributed by atoms with Crippen LogP contribution in [0.25, 0.3) is 10.8 Å². The fourth-order valence-electron chi connectivity index (χ4n) is 1.85. The molecule has 0 aliphatic carbocycles. The third-order valence-corrected chi connectivity index (χ3v) is 2.91. The minimum Gasteiger partial charge on any atom is -0.383 e. The van der Waals surface area contributed by atoms with Gasteiger partial charge in [-0.15, -0.1) is 0 Å². The second kappa shape index (κ2) is 2.98. The van der Waals surface area contributed by atoms with Gasteiger partial charge in [0.15, 0.2) is 0 Å². The Morgan fingerprint density at radius 3 is 2.57 bits per heavy atom. The van der Waals surface area contributed by atoms with Crippen LogP contribution in [-0.4, -0.2) is 4.98 Å². The summed E-state index contributed by atoms with van der Waals surface area (Å²) in [6.07, 6.45) is 1.76. The van der Waals surface area contributed by atoms with Gasteiger partial charge in [0.25, 0.3) is 0 Å². The van der Waals surface area contributed by atoms with Gasteiger partial charge in [-0.1, -0.05) is 6.07 Å². The Bertz CT molecular complexity index is 501. The van der Waals surface area contributed by atoms with E-state index in [4.69, 9.17) is 5.73 Å². The van der Waals surface area contributed by atoms with Crippen LogP contribution in [0.15, 0.2) is 18.3 Å². The molecule has 1 aromatic carbocycles. The van der Waals surface area contributed by atoms with Gasteiger partial charge in [0.05, 0.1) is 0 Å². The van der Waals surface area contributed by atoms with Gasteiger partial charge in [0.1, 0.15) is 5.82 Å². The molecule has 0 saturated heterocycles. The molecule has 0 fully saturated rings. The summed E-state index contributed by atoms with van der Waals surface area (Å²) in [6.45, 7) is 6.34. The van der Waals surface area contributed by atoms with Crippen LogP contribution in [-0.2, 0) is 0 Å². The van der Waals surface area contributed by atoms with E-state index in [9.17, 15) is 0 Å². The van der Waals surface area contributed by atoms with E-state index in [1.807, 2.05) is 6.07 Å². The second-order valence-electron chi connectivity index (χ2n) is 3.74. The van der Waals surface area contributed by atoms with Crippen molar-refractivity contribution in [2.75, 3.05) is 5.73 Å². The SMILES string of the molecule is Cc1cc2ccnc(N)c2c(C)c1C. The van der Waals surface area contributed by atoms with Crippen LogP contribution in [0.5, 0.6) is 0 Å². The molecule has 1 aromatic heterocycles. The highest BCUT2D eigenvalue weighted by Crippen LogP contribution is 2.27. The van der Waals surface area contributed by atoms with E-state index in [1.165, 1.54) is 22.1 Å². The number of anilines is 1. The van der Waals surface area contributed by atoms with Crippen molar-refractivity contribution in [1.82, 2.24) is 4.98 Å². The van der Waals surface area contributed by atoms with E-state index in [2.05, 4.69) is 31.8 Å². The molecule has 1 heterocycles. The zero-order valence-electron chi connectivity index (χ0n) is 8.76. The predicted molar refractivity (Wildman–Crippen MR) is 60.4 cm³/mol. The maximum atomic E-state index is 5.86. The van der Waals surface area contributed by atoms with Gasteiger partial charge in [-0.05, 0) is 48.9 Å². The van der Waals surface area contributed by atoms with Crippen LogP contribution in [0.4, 0.5) is 5.82 Å². The largest absolute Gasteiger partial charge is 0.383 e. The third kappa shape index (κ3) is 1.15. The lowest BCUT2D eigenvalue weighted by molar-refractivity contribution is 1.28. The Kier molecular flexibility index (Phi) is 1.92. The van der Waals surface area contributed by atoms with Crippen LogP contribution < -0.4 is 5.73 Å². The number of hydrogen-bond acceptors (Lipinski definition) is 2. The molecule has 2 nitrogen and oxygen atoms in total. The smallest absolute Gasteiger partial charge is 0.131 e. The van der Waals surface area contributed by atoms with Gasteiger partial charge in [-0.2, -0.15) is 0 Å². The van der Waals surface area contributed by atoms with E-state index in [0.717, 1.165) is 5.39 Å². The molecule has 0 amide bonds. The van der Waals surface area contributed by atoms with E-state index < -0.39 is 0 Å². The van der Waals surface area contributed by atoms with Crippen molar-refractivity contribution >= 4 is 16.6 Å². The molecule has 72 valence electrons. The number of pyridine rings is 1. The first kappa shape index (κ1) is 9.00. The predicted octanol–water partition coefficient (Wildman–Crippen LogP) is 2.74. The maximum absolute atomic E-state index is 5.86. The number of benzene rings is 1. The van der Waals surface area contributed by atoms with Gasteiger partial charge in [0.2, 0.25) is 0 Å². The number of nitrogens with two attached hydrogens (primary N) is 1. The summed E-state index contributed by atoms with van der Waals surface area (Å²) in [5, 5.41) is 2.27. The molecule has 0 aliphatic heterocycles. The van der Waals surface area contributed by atoms with Crippen molar-refractivity contribution in [3.05, 3.63) is 35.0 Å². The maximum Gasteiger partial charge on any atom is 0.131 e. The highest BCUT2D eigenvalue weighted by atomic mass is 14.8. The molecule has 0 aliphatic rings. The Morgan fingerprint density at radius 1 is 1.14 bits per heavy atom. The first-order valence-electron chi connectivity index (χ1n) is 4.72. The molecule has 2 N–H and O–H groups in total. The molecule has 0 radical (unpaired) electrons. The number of hydrogen-bond donors (Lipinski definition) is 1. The first-order valence-corrected chi connectivity index (χ1v) is 4.72. The van der Waals surface area contributed by atoms with Gasteiger partial charge in [-0.3, -0.25) is 0 Å². The summed E-state index contributed by atoms with van der Waals surface area (Å²) in [7, 11) is 0. The molecule has 0 spiro atoms. The molecule has 2 rings (SSSR count). The second-order valence-corrected chi connectivity index (χ2v) is 3.74. The van der Waals surface area contributed by atoms with Gasteiger partial charge in [0, 0.05) is 11.6 Å². The summed E-state index contributed by atoms with van der Waals surface area (Å²) in [6, 6.07) is 4.17. The molecule has 2 heteroatoms. The fourth-order valence-corrected chi connectivity index (χ4v) is 1.85. The zero-order chi connectivity index (χ0) is 10.3. The van der Waals surface area contributed by atoms with Crippen LogP contribution in [0, 0.1) is 20.8 Å². The van der Waals surface area contributed by atoms with Crippen LogP contribution in [0.2, 0.25) is 0 Å². The van der Waals surface area contributed by atoms with E-state index in [1.54, 1.807) is 6.20 Å². The standard InChI is InChI=1S/C12H14N2/c1-7-6-10-4-5-14-12(13)11(10)9(3)8(7)2/h4-6H,1-3H3,(H2,13,14). The van der Waals surface area contributed by atoms with Crippen molar-refractivity contribution in [3.63, 3.8) is 0 Å². The number of fused-ring (bicyclic) bond motifs is 1. The van der Waals surface area contributed by atoms with Crippen LogP contribution >= 0.6 is 0 Å². The fraction of sp³-hybridized carbons (Fsp3) is 0.250. The monoisotopic (exact) mass is 186 g/mol. The topological polar surface area (TPSA) is 38.9 Å². The van der Waals surface area contributed by atoms with Crippen molar-refractivity contribution in [1.29, 1.82) is 0 Å². The van der Waals surface area contributed by atoms with Crippen molar-refractivity contribution in [2.45, 2.75) is 20.8 Å². The summed E-state index contributed by atoms with van der Waals surface area (Å²) >= 11 is 0. The third-order valence-electron chi connectivity index (χ3n) is 2.91. The highest BCUT2D eigenvalue weighted by molar-refractivity contribution is 5.94. The Balaban J connectivity index is 2.99. The minimum atomic E-state index is 0.628. The molecule has 0 saturated carbocycles. The lowest BCUT2D eigenvalue weighted by Gasteiger charge is -2.10. The molecule has 0 unspecified atom stereocenters. The number of aromatic nitrogens is 1. The summed E-state index contributed by atoms with van der Waals surface area (Å²) in [4.78, 5) is 4.12. The minimum absolute atomic E-state index is 0.628. The van der Waals surface area contributed by atoms with E-state index in [-0.39, 0.29) is 0 Å². The lowest BCUT2D eigenvalue weighted by atomic mass is 9.97. The summed E-state index contributed by atoms with van der Waals surface area (Å²) in [5.74, 6) is 0.628. The van der Waals surface area contributed by atoms with E-state index >= 15 is 0 Å². The van der Waals surface area contributed by atoms with Gasteiger partial charge >= 0.3 is 0 Å². The Labute approximate surface area is 83.8 Å². The van der Waals surface area contributed by atoms with Crippen molar-refractivity contribution < 1.29 is 0 Å².